The zero-order valence-electron chi connectivity index (χ0n) is 11.5. The van der Waals surface area contributed by atoms with Gasteiger partial charge in [0.05, 0.1) is 23.6 Å². The van der Waals surface area contributed by atoms with Gasteiger partial charge in [-0.25, -0.2) is 4.98 Å². The SMILES string of the molecule is Cc1nc2ccccn2c1C(C#N)N1CCC(O)CC1. The standard InChI is InChI=1S/C15H18N4O/c1-11-15(19-7-3-2-4-14(19)17-11)13(10-16)18-8-5-12(20)6-9-18/h2-4,7,12-13,20H,5-6,8-9H2,1H3. The van der Waals surface area contributed by atoms with Crippen LogP contribution in [0.5, 0.6) is 0 Å². The summed E-state index contributed by atoms with van der Waals surface area (Å²) in [5.41, 5.74) is 2.71. The maximum atomic E-state index is 9.61. The van der Waals surface area contributed by atoms with E-state index in [0.29, 0.717) is 0 Å². The number of aryl methyl sites for hydroxylation is 1. The number of aromatic nitrogens is 2. The second-order valence-electron chi connectivity index (χ2n) is 5.31. The summed E-state index contributed by atoms with van der Waals surface area (Å²) in [5, 5.41) is 19.2. The summed E-state index contributed by atoms with van der Waals surface area (Å²) in [6, 6.07) is 7.95. The second kappa shape index (κ2) is 5.23. The molecule has 1 aliphatic heterocycles. The number of pyridine rings is 1. The minimum atomic E-state index is -0.306. The van der Waals surface area contributed by atoms with Gasteiger partial charge in [0.25, 0.3) is 0 Å². The molecule has 3 rings (SSSR count). The quantitative estimate of drug-likeness (QED) is 0.901. The Morgan fingerprint density at radius 1 is 1.40 bits per heavy atom. The lowest BCUT2D eigenvalue weighted by Crippen LogP contribution is -2.38. The van der Waals surface area contributed by atoms with Gasteiger partial charge in [-0.05, 0) is 31.9 Å². The lowest BCUT2D eigenvalue weighted by atomic mass is 10.0. The molecule has 0 saturated carbocycles. The van der Waals surface area contributed by atoms with Crippen molar-refractivity contribution in [1.82, 2.24) is 14.3 Å². The van der Waals surface area contributed by atoms with Gasteiger partial charge in [0, 0.05) is 19.3 Å². The molecule has 0 aromatic carbocycles. The third-order valence-electron chi connectivity index (χ3n) is 4.00. The Labute approximate surface area is 118 Å². The maximum Gasteiger partial charge on any atom is 0.141 e. The van der Waals surface area contributed by atoms with Crippen molar-refractivity contribution in [3.8, 4) is 6.07 Å². The number of piperidine rings is 1. The maximum absolute atomic E-state index is 9.61. The van der Waals surface area contributed by atoms with Gasteiger partial charge in [-0.2, -0.15) is 5.26 Å². The summed E-state index contributed by atoms with van der Waals surface area (Å²) in [6.45, 7) is 3.45. The van der Waals surface area contributed by atoms with Crippen molar-refractivity contribution in [2.75, 3.05) is 13.1 Å². The Hall–Kier alpha value is -1.90. The highest BCUT2D eigenvalue weighted by Crippen LogP contribution is 2.27. The van der Waals surface area contributed by atoms with E-state index in [0.717, 1.165) is 43.0 Å². The van der Waals surface area contributed by atoms with Gasteiger partial charge in [0.1, 0.15) is 11.7 Å². The largest absolute Gasteiger partial charge is 0.393 e. The van der Waals surface area contributed by atoms with Crippen LogP contribution in [0.1, 0.15) is 30.3 Å². The van der Waals surface area contributed by atoms with E-state index in [2.05, 4.69) is 16.0 Å². The number of hydrogen-bond donors (Lipinski definition) is 1. The molecule has 1 fully saturated rings. The van der Waals surface area contributed by atoms with Gasteiger partial charge in [-0.1, -0.05) is 6.07 Å². The van der Waals surface area contributed by atoms with Gasteiger partial charge >= 0.3 is 0 Å². The number of fused-ring (bicyclic) bond motifs is 1. The fourth-order valence-electron chi connectivity index (χ4n) is 2.92. The Morgan fingerprint density at radius 2 is 2.15 bits per heavy atom. The van der Waals surface area contributed by atoms with Crippen molar-refractivity contribution in [3.05, 3.63) is 35.8 Å². The Morgan fingerprint density at radius 3 is 2.85 bits per heavy atom. The number of aliphatic hydroxyl groups is 1. The second-order valence-corrected chi connectivity index (χ2v) is 5.31. The van der Waals surface area contributed by atoms with E-state index in [9.17, 15) is 10.4 Å². The van der Waals surface area contributed by atoms with Gasteiger partial charge in [0.2, 0.25) is 0 Å². The Bertz CT molecular complexity index is 649. The molecule has 0 aliphatic carbocycles. The number of likely N-dealkylation sites (tertiary alicyclic amines) is 1. The highest BCUT2D eigenvalue weighted by atomic mass is 16.3. The minimum Gasteiger partial charge on any atom is -0.393 e. The zero-order valence-corrected chi connectivity index (χ0v) is 11.5. The summed E-state index contributed by atoms with van der Waals surface area (Å²) < 4.78 is 1.99. The Kier molecular flexibility index (Phi) is 3.43. The number of nitrogens with zero attached hydrogens (tertiary/aromatic N) is 4. The molecule has 1 atom stereocenters. The van der Waals surface area contributed by atoms with Crippen molar-refractivity contribution in [1.29, 1.82) is 5.26 Å². The van der Waals surface area contributed by atoms with Crippen LogP contribution in [0.3, 0.4) is 0 Å². The van der Waals surface area contributed by atoms with E-state index in [4.69, 9.17) is 0 Å². The van der Waals surface area contributed by atoms with Crippen LogP contribution in [0.4, 0.5) is 0 Å². The molecule has 3 heterocycles. The monoisotopic (exact) mass is 270 g/mol. The summed E-state index contributed by atoms with van der Waals surface area (Å²) >= 11 is 0. The summed E-state index contributed by atoms with van der Waals surface area (Å²) in [7, 11) is 0. The summed E-state index contributed by atoms with van der Waals surface area (Å²) in [5.74, 6) is 0. The van der Waals surface area contributed by atoms with Crippen molar-refractivity contribution in [2.24, 2.45) is 0 Å². The van der Waals surface area contributed by atoms with E-state index < -0.39 is 0 Å². The molecule has 5 nitrogen and oxygen atoms in total. The van der Waals surface area contributed by atoms with Crippen molar-refractivity contribution >= 4 is 5.65 Å². The molecule has 0 radical (unpaired) electrons. The average Bonchev–Trinajstić information content (AvgIpc) is 2.79. The number of nitriles is 1. The first-order chi connectivity index (χ1) is 9.70. The molecule has 5 heteroatoms. The minimum absolute atomic E-state index is 0.228. The molecule has 2 aromatic rings. The molecule has 104 valence electrons. The van der Waals surface area contributed by atoms with Crippen LogP contribution < -0.4 is 0 Å². The molecule has 1 unspecified atom stereocenters. The summed E-state index contributed by atoms with van der Waals surface area (Å²) in [4.78, 5) is 6.66. The van der Waals surface area contributed by atoms with Crippen molar-refractivity contribution in [3.63, 3.8) is 0 Å². The smallest absolute Gasteiger partial charge is 0.141 e. The first kappa shape index (κ1) is 13.1. The van der Waals surface area contributed by atoms with Crippen LogP contribution >= 0.6 is 0 Å². The fourth-order valence-corrected chi connectivity index (χ4v) is 2.92. The van der Waals surface area contributed by atoms with Gasteiger partial charge in [-0.15, -0.1) is 0 Å². The van der Waals surface area contributed by atoms with Crippen molar-refractivity contribution in [2.45, 2.75) is 31.9 Å². The van der Waals surface area contributed by atoms with Gasteiger partial charge in [0.15, 0.2) is 0 Å². The number of aliphatic hydroxyl groups excluding tert-OH is 1. The molecule has 20 heavy (non-hydrogen) atoms. The normalized spacial score (nSPS) is 19.1. The number of hydrogen-bond acceptors (Lipinski definition) is 4. The molecule has 1 aliphatic rings. The predicted octanol–water partition coefficient (Wildman–Crippen LogP) is 1.66. The first-order valence-corrected chi connectivity index (χ1v) is 6.96. The molecular weight excluding hydrogens is 252 g/mol. The molecule has 0 spiro atoms. The third-order valence-corrected chi connectivity index (χ3v) is 4.00. The van der Waals surface area contributed by atoms with Crippen LogP contribution in [-0.4, -0.2) is 38.6 Å². The Balaban J connectivity index is 1.99. The van der Waals surface area contributed by atoms with E-state index in [1.807, 2.05) is 35.7 Å². The number of imidazole rings is 1. The molecule has 2 aromatic heterocycles. The molecule has 0 amide bonds. The zero-order chi connectivity index (χ0) is 14.1. The van der Waals surface area contributed by atoms with Crippen LogP contribution in [0.2, 0.25) is 0 Å². The van der Waals surface area contributed by atoms with Gasteiger partial charge < -0.3 is 9.51 Å². The lowest BCUT2D eigenvalue weighted by Gasteiger charge is -2.32. The molecule has 1 N–H and O–H groups in total. The van der Waals surface area contributed by atoms with Crippen LogP contribution in [0.25, 0.3) is 5.65 Å². The highest BCUT2D eigenvalue weighted by Gasteiger charge is 2.28. The van der Waals surface area contributed by atoms with Crippen molar-refractivity contribution < 1.29 is 5.11 Å². The number of rotatable bonds is 2. The summed E-state index contributed by atoms with van der Waals surface area (Å²) in [6.07, 6.45) is 3.18. The fraction of sp³-hybridized carbons (Fsp3) is 0.467. The van der Waals surface area contributed by atoms with Gasteiger partial charge in [-0.3, -0.25) is 4.90 Å². The third kappa shape index (κ3) is 2.17. The molecule has 1 saturated heterocycles. The van der Waals surface area contributed by atoms with E-state index in [1.54, 1.807) is 0 Å². The topological polar surface area (TPSA) is 64.6 Å². The van der Waals surface area contributed by atoms with Crippen LogP contribution in [0, 0.1) is 18.3 Å². The first-order valence-electron chi connectivity index (χ1n) is 6.96. The highest BCUT2D eigenvalue weighted by molar-refractivity contribution is 5.44. The van der Waals surface area contributed by atoms with Crippen LogP contribution in [0.15, 0.2) is 24.4 Å². The van der Waals surface area contributed by atoms with E-state index in [1.165, 1.54) is 0 Å². The van der Waals surface area contributed by atoms with E-state index in [-0.39, 0.29) is 12.1 Å². The van der Waals surface area contributed by atoms with E-state index >= 15 is 0 Å². The average molecular weight is 270 g/mol. The predicted molar refractivity (Wildman–Crippen MR) is 75.1 cm³/mol. The molecular formula is C15H18N4O. The van der Waals surface area contributed by atoms with Crippen LogP contribution in [-0.2, 0) is 0 Å². The lowest BCUT2D eigenvalue weighted by molar-refractivity contribution is 0.0706. The molecule has 0 bridgehead atoms.